The van der Waals surface area contributed by atoms with E-state index in [0.29, 0.717) is 17.8 Å². The van der Waals surface area contributed by atoms with Crippen LogP contribution in [0.25, 0.3) is 11.0 Å². The molecule has 1 saturated heterocycles. The summed E-state index contributed by atoms with van der Waals surface area (Å²) >= 11 is 0. The van der Waals surface area contributed by atoms with Crippen LogP contribution < -0.4 is 5.32 Å². The van der Waals surface area contributed by atoms with E-state index in [1.165, 1.54) is 11.0 Å². The van der Waals surface area contributed by atoms with Crippen molar-refractivity contribution in [3.63, 3.8) is 0 Å². The van der Waals surface area contributed by atoms with Gasteiger partial charge in [-0.2, -0.15) is 18.3 Å². The number of likely N-dealkylation sites (N-methyl/N-ethyl adjacent to an activating group) is 1. The van der Waals surface area contributed by atoms with Gasteiger partial charge in [-0.3, -0.25) is 14.7 Å². The summed E-state index contributed by atoms with van der Waals surface area (Å²) in [7, 11) is 1.58. The SMILES string of the molecule is CN1CC[C@@](O)(C#Cc2cccc(NC(=O)c3[nH]nc4nc(C(F)(F)F)ncc34)c2)C1=O. The van der Waals surface area contributed by atoms with Gasteiger partial charge in [0.25, 0.3) is 11.8 Å². The number of alkyl halides is 3. The molecule has 12 heteroatoms. The highest BCUT2D eigenvalue weighted by atomic mass is 19.4. The number of nitrogens with zero attached hydrogens (tertiary/aromatic N) is 4. The first-order chi connectivity index (χ1) is 15.1. The van der Waals surface area contributed by atoms with E-state index >= 15 is 0 Å². The number of likely N-dealkylation sites (tertiary alicyclic amines) is 1. The number of aromatic amines is 1. The van der Waals surface area contributed by atoms with Gasteiger partial charge in [-0.05, 0) is 18.2 Å². The first-order valence-electron chi connectivity index (χ1n) is 9.28. The summed E-state index contributed by atoms with van der Waals surface area (Å²) in [6.07, 6.45) is -3.67. The first-order valence-corrected chi connectivity index (χ1v) is 9.28. The van der Waals surface area contributed by atoms with Gasteiger partial charge in [-0.15, -0.1) is 0 Å². The minimum Gasteiger partial charge on any atom is -0.369 e. The van der Waals surface area contributed by atoms with Crippen LogP contribution in [-0.4, -0.2) is 61.2 Å². The van der Waals surface area contributed by atoms with Crippen molar-refractivity contribution in [3.05, 3.63) is 47.5 Å². The smallest absolute Gasteiger partial charge is 0.369 e. The fraction of sp³-hybridized carbons (Fsp3) is 0.250. The molecule has 3 N–H and O–H groups in total. The van der Waals surface area contributed by atoms with Gasteiger partial charge in [0.2, 0.25) is 11.4 Å². The van der Waals surface area contributed by atoms with Crippen LogP contribution in [0.15, 0.2) is 30.5 Å². The van der Waals surface area contributed by atoms with Gasteiger partial charge in [-0.25, -0.2) is 9.97 Å². The lowest BCUT2D eigenvalue weighted by molar-refractivity contribution is -0.144. The van der Waals surface area contributed by atoms with Crippen molar-refractivity contribution in [2.75, 3.05) is 18.9 Å². The third-order valence-corrected chi connectivity index (χ3v) is 4.84. The number of carbonyl (C=O) groups is 2. The molecule has 1 fully saturated rings. The molecule has 2 aromatic heterocycles. The highest BCUT2D eigenvalue weighted by Crippen LogP contribution is 2.27. The van der Waals surface area contributed by atoms with Crippen LogP contribution in [0.2, 0.25) is 0 Å². The second-order valence-electron chi connectivity index (χ2n) is 7.15. The van der Waals surface area contributed by atoms with Crippen LogP contribution in [0.1, 0.15) is 28.3 Å². The number of rotatable bonds is 2. The fourth-order valence-corrected chi connectivity index (χ4v) is 3.13. The number of halogens is 3. The highest BCUT2D eigenvalue weighted by molar-refractivity contribution is 6.10. The minimum absolute atomic E-state index is 0.0255. The van der Waals surface area contributed by atoms with Crippen LogP contribution in [0.4, 0.5) is 18.9 Å². The number of anilines is 1. The van der Waals surface area contributed by atoms with Gasteiger partial charge < -0.3 is 15.3 Å². The average molecular weight is 444 g/mol. The van der Waals surface area contributed by atoms with E-state index in [4.69, 9.17) is 0 Å². The molecule has 164 valence electrons. The Kier molecular flexibility index (Phi) is 5.06. The van der Waals surface area contributed by atoms with Gasteiger partial charge in [-0.1, -0.05) is 17.9 Å². The normalized spacial score (nSPS) is 18.5. The number of nitrogens with one attached hydrogen (secondary N) is 2. The number of hydrogen-bond acceptors (Lipinski definition) is 6. The molecule has 2 amide bonds. The summed E-state index contributed by atoms with van der Waals surface area (Å²) < 4.78 is 38.2. The van der Waals surface area contributed by atoms with Crippen LogP contribution in [-0.2, 0) is 11.0 Å². The van der Waals surface area contributed by atoms with Crippen LogP contribution in [0.5, 0.6) is 0 Å². The van der Waals surface area contributed by atoms with E-state index in [0.717, 1.165) is 6.20 Å². The van der Waals surface area contributed by atoms with Gasteiger partial charge >= 0.3 is 6.18 Å². The Hall–Kier alpha value is -3.98. The van der Waals surface area contributed by atoms with E-state index < -0.39 is 29.4 Å². The van der Waals surface area contributed by atoms with Crippen molar-refractivity contribution >= 4 is 28.5 Å². The maximum absolute atomic E-state index is 12.7. The molecule has 4 rings (SSSR count). The zero-order valence-electron chi connectivity index (χ0n) is 16.5. The molecule has 1 atom stereocenters. The van der Waals surface area contributed by atoms with Gasteiger partial charge in [0.15, 0.2) is 5.65 Å². The summed E-state index contributed by atoms with van der Waals surface area (Å²) in [5.74, 6) is 2.80. The number of hydrogen-bond donors (Lipinski definition) is 3. The Morgan fingerprint density at radius 2 is 2.16 bits per heavy atom. The maximum atomic E-state index is 12.7. The van der Waals surface area contributed by atoms with Crippen molar-refractivity contribution in [1.29, 1.82) is 0 Å². The van der Waals surface area contributed by atoms with Crippen LogP contribution >= 0.6 is 0 Å². The Morgan fingerprint density at radius 3 is 2.84 bits per heavy atom. The molecule has 3 heterocycles. The molecule has 0 bridgehead atoms. The lowest BCUT2D eigenvalue weighted by Gasteiger charge is -2.13. The molecule has 0 saturated carbocycles. The second kappa shape index (κ2) is 7.61. The molecule has 9 nitrogen and oxygen atoms in total. The first kappa shape index (κ1) is 21.3. The quantitative estimate of drug-likeness (QED) is 0.516. The van der Waals surface area contributed by atoms with Gasteiger partial charge in [0.05, 0.1) is 5.39 Å². The number of carbonyl (C=O) groups excluding carboxylic acids is 2. The molecular formula is C20H15F3N6O3. The lowest BCUT2D eigenvalue weighted by atomic mass is 10.0. The summed E-state index contributed by atoms with van der Waals surface area (Å²) in [5.41, 5.74) is -1.39. The zero-order valence-corrected chi connectivity index (χ0v) is 16.5. The van der Waals surface area contributed by atoms with Crippen molar-refractivity contribution in [2.45, 2.75) is 18.2 Å². The molecule has 0 unspecified atom stereocenters. The summed E-state index contributed by atoms with van der Waals surface area (Å²) in [5, 5.41) is 19.0. The molecule has 0 aliphatic carbocycles. The number of amides is 2. The van der Waals surface area contributed by atoms with E-state index in [1.807, 2.05) is 0 Å². The largest absolute Gasteiger partial charge is 0.451 e. The number of fused-ring (bicyclic) bond motifs is 1. The standard InChI is InChI=1S/C20H15F3N6O3/c1-29-8-7-19(32,18(29)31)6-5-11-3-2-4-12(9-11)25-16(30)14-13-10-24-17(20(21,22)23)26-15(13)28-27-14/h2-4,9-10,32H,7-8H2,1H3,(H,25,30)(H,24,26,27,28)/t19-/m0/s1. The molecule has 1 aliphatic rings. The van der Waals surface area contributed by atoms with E-state index in [2.05, 4.69) is 37.3 Å². The van der Waals surface area contributed by atoms with Crippen LogP contribution in [0.3, 0.4) is 0 Å². The zero-order chi connectivity index (χ0) is 23.1. The molecule has 0 spiro atoms. The maximum Gasteiger partial charge on any atom is 0.451 e. The van der Waals surface area contributed by atoms with Crippen LogP contribution in [0, 0.1) is 11.8 Å². The molecule has 3 aromatic rings. The summed E-state index contributed by atoms with van der Waals surface area (Å²) in [4.78, 5) is 32.6. The lowest BCUT2D eigenvalue weighted by Crippen LogP contribution is -2.37. The third-order valence-electron chi connectivity index (χ3n) is 4.84. The summed E-state index contributed by atoms with van der Waals surface area (Å²) in [6.45, 7) is 0.395. The Balaban J connectivity index is 1.54. The monoisotopic (exact) mass is 444 g/mol. The number of aliphatic hydroxyl groups is 1. The molecular weight excluding hydrogens is 429 g/mol. The molecule has 32 heavy (non-hydrogen) atoms. The van der Waals surface area contributed by atoms with Crippen molar-refractivity contribution in [2.24, 2.45) is 0 Å². The third kappa shape index (κ3) is 3.97. The number of benzene rings is 1. The van der Waals surface area contributed by atoms with Crippen molar-refractivity contribution < 1.29 is 27.9 Å². The Morgan fingerprint density at radius 1 is 1.38 bits per heavy atom. The van der Waals surface area contributed by atoms with E-state index in [-0.39, 0.29) is 23.1 Å². The van der Waals surface area contributed by atoms with Gasteiger partial charge in [0.1, 0.15) is 5.69 Å². The predicted octanol–water partition coefficient (Wildman–Crippen LogP) is 1.57. The van der Waals surface area contributed by atoms with Crippen molar-refractivity contribution in [1.82, 2.24) is 25.1 Å². The predicted molar refractivity (Wildman–Crippen MR) is 105 cm³/mol. The summed E-state index contributed by atoms with van der Waals surface area (Å²) in [6, 6.07) is 6.33. The fourth-order valence-electron chi connectivity index (χ4n) is 3.13. The Bertz CT molecular complexity index is 1290. The number of aromatic nitrogens is 4. The van der Waals surface area contributed by atoms with Crippen molar-refractivity contribution in [3.8, 4) is 11.8 Å². The molecule has 1 aromatic carbocycles. The number of H-pyrrole nitrogens is 1. The van der Waals surface area contributed by atoms with E-state index in [9.17, 15) is 27.9 Å². The Labute approximate surface area is 178 Å². The minimum atomic E-state index is -4.73. The topological polar surface area (TPSA) is 124 Å². The molecule has 0 radical (unpaired) electrons. The molecule has 1 aliphatic heterocycles. The van der Waals surface area contributed by atoms with E-state index in [1.54, 1.807) is 25.2 Å². The van der Waals surface area contributed by atoms with Gasteiger partial charge in [0, 0.05) is 37.5 Å². The second-order valence-corrected chi connectivity index (χ2v) is 7.15. The average Bonchev–Trinajstić information content (AvgIpc) is 3.29. The highest BCUT2D eigenvalue weighted by Gasteiger charge is 2.42.